The second-order valence-electron chi connectivity index (χ2n) is 7.52. The average Bonchev–Trinajstić information content (AvgIpc) is 3.36. The van der Waals surface area contributed by atoms with E-state index in [1.165, 1.54) is 16.9 Å². The van der Waals surface area contributed by atoms with Gasteiger partial charge in [0.15, 0.2) is 0 Å². The van der Waals surface area contributed by atoms with Crippen LogP contribution in [0.2, 0.25) is 5.02 Å². The third kappa shape index (κ3) is 3.05. The van der Waals surface area contributed by atoms with Gasteiger partial charge in [0.1, 0.15) is 4.83 Å². The highest BCUT2D eigenvalue weighted by atomic mass is 35.5. The van der Waals surface area contributed by atoms with Gasteiger partial charge in [-0.3, -0.25) is 9.48 Å². The lowest BCUT2D eigenvalue weighted by atomic mass is 10.1. The maximum absolute atomic E-state index is 13.4. The number of para-hydroxylation sites is 1. The standard InChI is InChI=1S/C23H20ClN3OS/c1-14-11-16-7-4-6-10-20(16)27(14)22(28)21-12-18-15(2)25-26(23(18)29-21)13-17-8-3-5-9-19(17)24/h3-10,12,14H,11,13H2,1-2H3. The molecular formula is C23H20ClN3OS. The quantitative estimate of drug-likeness (QED) is 0.425. The van der Waals surface area contributed by atoms with E-state index in [-0.39, 0.29) is 11.9 Å². The van der Waals surface area contributed by atoms with Crippen LogP contribution in [0.15, 0.2) is 54.6 Å². The summed E-state index contributed by atoms with van der Waals surface area (Å²) in [4.78, 5) is 17.1. The van der Waals surface area contributed by atoms with Gasteiger partial charge in [-0.2, -0.15) is 5.10 Å². The van der Waals surface area contributed by atoms with Gasteiger partial charge in [-0.1, -0.05) is 48.0 Å². The van der Waals surface area contributed by atoms with E-state index in [0.717, 1.165) is 43.5 Å². The van der Waals surface area contributed by atoms with Crippen LogP contribution >= 0.6 is 22.9 Å². The zero-order chi connectivity index (χ0) is 20.1. The molecule has 0 radical (unpaired) electrons. The zero-order valence-corrected chi connectivity index (χ0v) is 17.8. The largest absolute Gasteiger partial charge is 0.304 e. The molecule has 1 atom stereocenters. The van der Waals surface area contributed by atoms with E-state index in [1.54, 1.807) is 0 Å². The van der Waals surface area contributed by atoms with Crippen molar-refractivity contribution in [2.24, 2.45) is 0 Å². The van der Waals surface area contributed by atoms with Crippen molar-refractivity contribution < 1.29 is 4.79 Å². The zero-order valence-electron chi connectivity index (χ0n) is 16.2. The van der Waals surface area contributed by atoms with Crippen molar-refractivity contribution in [1.29, 1.82) is 0 Å². The average molecular weight is 422 g/mol. The molecule has 0 spiro atoms. The van der Waals surface area contributed by atoms with Crippen molar-refractivity contribution in [3.05, 3.63) is 81.3 Å². The Hall–Kier alpha value is -2.63. The van der Waals surface area contributed by atoms with Crippen LogP contribution in [-0.4, -0.2) is 21.7 Å². The summed E-state index contributed by atoms with van der Waals surface area (Å²) in [6.45, 7) is 4.68. The van der Waals surface area contributed by atoms with Crippen LogP contribution in [-0.2, 0) is 13.0 Å². The van der Waals surface area contributed by atoms with E-state index < -0.39 is 0 Å². The van der Waals surface area contributed by atoms with Crippen molar-refractivity contribution >= 4 is 44.7 Å². The second-order valence-corrected chi connectivity index (χ2v) is 8.96. The number of amides is 1. The lowest BCUT2D eigenvalue weighted by Gasteiger charge is -2.21. The van der Waals surface area contributed by atoms with E-state index in [1.807, 2.05) is 65.0 Å². The summed E-state index contributed by atoms with van der Waals surface area (Å²) in [6.07, 6.45) is 0.895. The first-order chi connectivity index (χ1) is 14.0. The number of aryl methyl sites for hydroxylation is 1. The molecule has 2 aromatic carbocycles. The molecule has 0 saturated carbocycles. The first kappa shape index (κ1) is 18.4. The molecule has 1 aliphatic heterocycles. The van der Waals surface area contributed by atoms with Gasteiger partial charge < -0.3 is 4.90 Å². The predicted molar refractivity (Wildman–Crippen MR) is 119 cm³/mol. The lowest BCUT2D eigenvalue weighted by molar-refractivity contribution is 0.0985. The summed E-state index contributed by atoms with van der Waals surface area (Å²) in [6, 6.07) is 18.1. The SMILES string of the molecule is Cc1nn(Cc2ccccc2Cl)c2sc(C(=O)N3c4ccccc4CC3C)cc12. The molecule has 0 fully saturated rings. The number of carbonyl (C=O) groups is 1. The monoisotopic (exact) mass is 421 g/mol. The maximum Gasteiger partial charge on any atom is 0.268 e. The van der Waals surface area contributed by atoms with Crippen molar-refractivity contribution in [3.8, 4) is 0 Å². The Morgan fingerprint density at radius 1 is 1.21 bits per heavy atom. The fourth-order valence-electron chi connectivity index (χ4n) is 4.11. The normalized spacial score (nSPS) is 15.8. The number of halogens is 1. The molecule has 146 valence electrons. The Kier molecular flexibility index (Phi) is 4.45. The molecule has 4 nitrogen and oxygen atoms in total. The Balaban J connectivity index is 1.52. The number of fused-ring (bicyclic) bond motifs is 2. The Morgan fingerprint density at radius 2 is 1.97 bits per heavy atom. The van der Waals surface area contributed by atoms with E-state index in [9.17, 15) is 4.79 Å². The fraction of sp³-hybridized carbons (Fsp3) is 0.217. The van der Waals surface area contributed by atoms with E-state index >= 15 is 0 Å². The van der Waals surface area contributed by atoms with Crippen molar-refractivity contribution in [3.63, 3.8) is 0 Å². The van der Waals surface area contributed by atoms with Gasteiger partial charge in [0.25, 0.3) is 5.91 Å². The molecule has 0 saturated heterocycles. The molecule has 1 amide bonds. The molecule has 1 unspecified atom stereocenters. The third-order valence-electron chi connectivity index (χ3n) is 5.52. The van der Waals surface area contributed by atoms with Gasteiger partial charge in [0, 0.05) is 22.1 Å². The van der Waals surface area contributed by atoms with Gasteiger partial charge in [-0.25, -0.2) is 0 Å². The molecule has 29 heavy (non-hydrogen) atoms. The number of carbonyl (C=O) groups excluding carboxylic acids is 1. The molecule has 6 heteroatoms. The number of rotatable bonds is 3. The minimum Gasteiger partial charge on any atom is -0.304 e. The van der Waals surface area contributed by atoms with Gasteiger partial charge in [-0.15, -0.1) is 11.3 Å². The van der Waals surface area contributed by atoms with Gasteiger partial charge in [-0.05, 0) is 49.6 Å². The maximum atomic E-state index is 13.4. The first-order valence-corrected chi connectivity index (χ1v) is 10.8. The number of benzene rings is 2. The van der Waals surface area contributed by atoms with Crippen LogP contribution in [0.4, 0.5) is 5.69 Å². The van der Waals surface area contributed by atoms with E-state index in [0.29, 0.717) is 6.54 Å². The number of hydrogen-bond acceptors (Lipinski definition) is 3. The summed E-state index contributed by atoms with van der Waals surface area (Å²) in [5.74, 6) is 0.0624. The first-order valence-electron chi connectivity index (χ1n) is 9.64. The summed E-state index contributed by atoms with van der Waals surface area (Å²) in [5.41, 5.74) is 4.20. The van der Waals surface area contributed by atoms with Crippen molar-refractivity contribution in [2.75, 3.05) is 4.90 Å². The van der Waals surface area contributed by atoms with Crippen LogP contribution in [0.1, 0.15) is 33.4 Å². The van der Waals surface area contributed by atoms with Crippen LogP contribution in [0.5, 0.6) is 0 Å². The molecule has 5 rings (SSSR count). The Morgan fingerprint density at radius 3 is 2.79 bits per heavy atom. The van der Waals surface area contributed by atoms with Crippen LogP contribution < -0.4 is 4.90 Å². The highest BCUT2D eigenvalue weighted by Gasteiger charge is 2.32. The number of hydrogen-bond donors (Lipinski definition) is 0. The predicted octanol–water partition coefficient (Wildman–Crippen LogP) is 5.70. The second kappa shape index (κ2) is 7.01. The highest BCUT2D eigenvalue weighted by molar-refractivity contribution is 7.20. The third-order valence-corrected chi connectivity index (χ3v) is 7.03. The number of nitrogens with zero attached hydrogens (tertiary/aromatic N) is 3. The molecule has 0 bridgehead atoms. The Bertz CT molecular complexity index is 1240. The van der Waals surface area contributed by atoms with Gasteiger partial charge in [0.05, 0.1) is 17.1 Å². The minimum atomic E-state index is 0.0624. The summed E-state index contributed by atoms with van der Waals surface area (Å²) in [7, 11) is 0. The number of anilines is 1. The number of aromatic nitrogens is 2. The molecule has 1 aliphatic rings. The van der Waals surface area contributed by atoms with Gasteiger partial charge >= 0.3 is 0 Å². The molecular weight excluding hydrogens is 402 g/mol. The molecule has 0 N–H and O–H groups in total. The van der Waals surface area contributed by atoms with Gasteiger partial charge in [0.2, 0.25) is 0 Å². The van der Waals surface area contributed by atoms with E-state index in [2.05, 4.69) is 18.1 Å². The minimum absolute atomic E-state index is 0.0624. The summed E-state index contributed by atoms with van der Waals surface area (Å²) >= 11 is 7.85. The fourth-order valence-corrected chi connectivity index (χ4v) is 5.40. The Labute approximate surface area is 178 Å². The van der Waals surface area contributed by atoms with Crippen LogP contribution in [0.3, 0.4) is 0 Å². The van der Waals surface area contributed by atoms with Crippen molar-refractivity contribution in [1.82, 2.24) is 9.78 Å². The van der Waals surface area contributed by atoms with Crippen molar-refractivity contribution in [2.45, 2.75) is 32.9 Å². The molecule has 2 aromatic heterocycles. The van der Waals surface area contributed by atoms with E-state index in [4.69, 9.17) is 11.6 Å². The van der Waals surface area contributed by atoms with Crippen LogP contribution in [0, 0.1) is 6.92 Å². The topological polar surface area (TPSA) is 38.1 Å². The molecule has 0 aliphatic carbocycles. The number of thiophene rings is 1. The smallest absolute Gasteiger partial charge is 0.268 e. The summed E-state index contributed by atoms with van der Waals surface area (Å²) in [5, 5.41) is 6.44. The summed E-state index contributed by atoms with van der Waals surface area (Å²) < 4.78 is 1.95. The molecule has 3 heterocycles. The highest BCUT2D eigenvalue weighted by Crippen LogP contribution is 2.36. The molecule has 4 aromatic rings. The lowest BCUT2D eigenvalue weighted by Crippen LogP contribution is -2.35. The van der Waals surface area contributed by atoms with Crippen LogP contribution in [0.25, 0.3) is 10.2 Å².